The number of rotatable bonds is 5. The van der Waals surface area contributed by atoms with Crippen LogP contribution in [0.5, 0.6) is 11.5 Å². The number of carbonyl (C=O) groups excluding carboxylic acids is 2. The summed E-state index contributed by atoms with van der Waals surface area (Å²) in [6.07, 6.45) is 1.29. The van der Waals surface area contributed by atoms with Crippen molar-refractivity contribution in [2.75, 3.05) is 31.0 Å². The number of aromatic nitrogens is 2. The molecule has 0 atom stereocenters. The van der Waals surface area contributed by atoms with Gasteiger partial charge in [0.1, 0.15) is 15.7 Å². The highest BCUT2D eigenvalue weighted by atomic mass is 32.2. The molecule has 8 nitrogen and oxygen atoms in total. The van der Waals surface area contributed by atoms with Gasteiger partial charge in [-0.25, -0.2) is 9.97 Å². The average Bonchev–Trinajstić information content (AvgIpc) is 3.40. The molecule has 1 aromatic carbocycles. The van der Waals surface area contributed by atoms with E-state index in [2.05, 4.69) is 29.1 Å². The fourth-order valence-corrected chi connectivity index (χ4v) is 6.42. The first-order valence-corrected chi connectivity index (χ1v) is 13.0. The molecular weight excluding hydrogens is 472 g/mol. The molecule has 5 rings (SSSR count). The second-order valence-corrected chi connectivity index (χ2v) is 10.7. The number of thiophene rings is 1. The number of thioether (sulfide) groups is 1. The molecule has 4 heterocycles. The standard InChI is InChI=1S/C24H26N4O4S2/c1-13-14(2)34-24-21(13)23(25-15(3)26-24)33-11-20(29)28-8-6-16(7-9-28)22(30)27-17-4-5-18-19(10-17)32-12-31-18/h4-5,10,16H,6-9,11-12H2,1-3H3,(H,27,30). The summed E-state index contributed by atoms with van der Waals surface area (Å²) in [6.45, 7) is 7.41. The lowest BCUT2D eigenvalue weighted by molar-refractivity contribution is -0.132. The molecule has 2 aromatic heterocycles. The molecule has 0 radical (unpaired) electrons. The van der Waals surface area contributed by atoms with Crippen LogP contribution in [-0.4, -0.2) is 52.3 Å². The first kappa shape index (κ1) is 22.9. The fraction of sp³-hybridized carbons (Fsp3) is 0.417. The summed E-state index contributed by atoms with van der Waals surface area (Å²) in [7, 11) is 0. The highest BCUT2D eigenvalue weighted by Crippen LogP contribution is 2.36. The van der Waals surface area contributed by atoms with E-state index < -0.39 is 0 Å². The number of aryl methyl sites for hydroxylation is 3. The van der Waals surface area contributed by atoms with Gasteiger partial charge < -0.3 is 19.7 Å². The molecule has 1 fully saturated rings. The van der Waals surface area contributed by atoms with Crippen molar-refractivity contribution in [3.05, 3.63) is 34.5 Å². The van der Waals surface area contributed by atoms with Crippen molar-refractivity contribution >= 4 is 50.8 Å². The second-order valence-electron chi connectivity index (χ2n) is 8.54. The predicted octanol–water partition coefficient (Wildman–Crippen LogP) is 4.31. The third kappa shape index (κ3) is 4.56. The van der Waals surface area contributed by atoms with Crippen LogP contribution in [0.25, 0.3) is 10.2 Å². The predicted molar refractivity (Wildman–Crippen MR) is 133 cm³/mol. The van der Waals surface area contributed by atoms with Crippen LogP contribution in [0, 0.1) is 26.7 Å². The number of anilines is 1. The van der Waals surface area contributed by atoms with Gasteiger partial charge in [0.25, 0.3) is 0 Å². The van der Waals surface area contributed by atoms with E-state index in [1.165, 1.54) is 22.2 Å². The number of amides is 2. The van der Waals surface area contributed by atoms with Gasteiger partial charge >= 0.3 is 0 Å². The number of likely N-dealkylation sites (tertiary alicyclic amines) is 1. The van der Waals surface area contributed by atoms with Crippen molar-refractivity contribution in [1.29, 1.82) is 0 Å². The maximum atomic E-state index is 12.9. The number of benzene rings is 1. The highest BCUT2D eigenvalue weighted by molar-refractivity contribution is 8.00. The van der Waals surface area contributed by atoms with Gasteiger partial charge in [-0.05, 0) is 51.3 Å². The van der Waals surface area contributed by atoms with Crippen LogP contribution < -0.4 is 14.8 Å². The first-order chi connectivity index (χ1) is 16.4. The summed E-state index contributed by atoms with van der Waals surface area (Å²) >= 11 is 3.14. The normalized spacial score (nSPS) is 15.7. The van der Waals surface area contributed by atoms with Crippen molar-refractivity contribution in [2.45, 2.75) is 38.6 Å². The minimum absolute atomic E-state index is 0.0255. The Morgan fingerprint density at radius 2 is 1.91 bits per heavy atom. The van der Waals surface area contributed by atoms with Gasteiger partial charge in [-0.2, -0.15) is 0 Å². The second kappa shape index (κ2) is 9.42. The molecule has 0 aliphatic carbocycles. The van der Waals surface area contributed by atoms with Crippen LogP contribution in [0.3, 0.4) is 0 Å². The van der Waals surface area contributed by atoms with E-state index in [0.29, 0.717) is 48.9 Å². The average molecular weight is 499 g/mol. The van der Waals surface area contributed by atoms with Gasteiger partial charge in [-0.3, -0.25) is 9.59 Å². The molecule has 0 unspecified atom stereocenters. The summed E-state index contributed by atoms with van der Waals surface area (Å²) < 4.78 is 10.7. The van der Waals surface area contributed by atoms with E-state index in [9.17, 15) is 9.59 Å². The van der Waals surface area contributed by atoms with E-state index in [1.807, 2.05) is 17.9 Å². The van der Waals surface area contributed by atoms with Gasteiger partial charge in [0.15, 0.2) is 11.5 Å². The lowest BCUT2D eigenvalue weighted by atomic mass is 9.96. The summed E-state index contributed by atoms with van der Waals surface area (Å²) in [5, 5.41) is 4.90. The number of hydrogen-bond acceptors (Lipinski definition) is 8. The number of nitrogens with zero attached hydrogens (tertiary/aromatic N) is 3. The van der Waals surface area contributed by atoms with Crippen molar-refractivity contribution in [1.82, 2.24) is 14.9 Å². The van der Waals surface area contributed by atoms with E-state index in [0.717, 1.165) is 21.1 Å². The Labute approximate surface area is 206 Å². The topological polar surface area (TPSA) is 93.7 Å². The van der Waals surface area contributed by atoms with E-state index in [1.54, 1.807) is 23.5 Å². The lowest BCUT2D eigenvalue weighted by Gasteiger charge is -2.31. The van der Waals surface area contributed by atoms with Crippen LogP contribution in [0.15, 0.2) is 23.2 Å². The Balaban J connectivity index is 1.15. The van der Waals surface area contributed by atoms with E-state index >= 15 is 0 Å². The van der Waals surface area contributed by atoms with Gasteiger partial charge in [0, 0.05) is 41.0 Å². The third-order valence-corrected chi connectivity index (χ3v) is 8.36. The van der Waals surface area contributed by atoms with Gasteiger partial charge in [0.05, 0.1) is 5.75 Å². The van der Waals surface area contributed by atoms with Gasteiger partial charge in [-0.15, -0.1) is 11.3 Å². The Morgan fingerprint density at radius 3 is 2.71 bits per heavy atom. The minimum atomic E-state index is -0.123. The molecule has 0 saturated carbocycles. The number of carbonyl (C=O) groups is 2. The van der Waals surface area contributed by atoms with Crippen LogP contribution in [0.1, 0.15) is 29.1 Å². The molecule has 178 valence electrons. The summed E-state index contributed by atoms with van der Waals surface area (Å²) in [5.74, 6) is 2.30. The molecule has 3 aromatic rings. The minimum Gasteiger partial charge on any atom is -0.454 e. The lowest BCUT2D eigenvalue weighted by Crippen LogP contribution is -2.42. The van der Waals surface area contributed by atoms with Crippen LogP contribution in [0.4, 0.5) is 5.69 Å². The molecule has 1 saturated heterocycles. The van der Waals surface area contributed by atoms with Crippen LogP contribution in [-0.2, 0) is 9.59 Å². The summed E-state index contributed by atoms with van der Waals surface area (Å²) in [4.78, 5) is 38.9. The van der Waals surface area contributed by atoms with E-state index in [-0.39, 0.29) is 24.5 Å². The molecule has 34 heavy (non-hydrogen) atoms. The largest absolute Gasteiger partial charge is 0.454 e. The van der Waals surface area contributed by atoms with Crippen molar-refractivity contribution < 1.29 is 19.1 Å². The molecule has 0 spiro atoms. The Kier molecular flexibility index (Phi) is 6.35. The van der Waals surface area contributed by atoms with Crippen molar-refractivity contribution in [3.8, 4) is 11.5 Å². The van der Waals surface area contributed by atoms with Crippen molar-refractivity contribution in [3.63, 3.8) is 0 Å². The molecule has 2 aliphatic rings. The van der Waals surface area contributed by atoms with Crippen molar-refractivity contribution in [2.24, 2.45) is 5.92 Å². The number of piperidine rings is 1. The van der Waals surface area contributed by atoms with Crippen LogP contribution >= 0.6 is 23.1 Å². The Morgan fingerprint density at radius 1 is 1.15 bits per heavy atom. The molecule has 2 amide bonds. The third-order valence-electron chi connectivity index (χ3n) is 6.30. The summed E-state index contributed by atoms with van der Waals surface area (Å²) in [6, 6.07) is 5.38. The maximum absolute atomic E-state index is 12.9. The highest BCUT2D eigenvalue weighted by Gasteiger charge is 2.28. The van der Waals surface area contributed by atoms with Gasteiger partial charge in [-0.1, -0.05) is 11.8 Å². The molecule has 2 aliphatic heterocycles. The monoisotopic (exact) mass is 498 g/mol. The Hall–Kier alpha value is -2.85. The van der Waals surface area contributed by atoms with E-state index in [4.69, 9.17) is 9.47 Å². The maximum Gasteiger partial charge on any atom is 0.232 e. The number of nitrogens with one attached hydrogen (secondary N) is 1. The fourth-order valence-electron chi connectivity index (χ4n) is 4.25. The zero-order valence-electron chi connectivity index (χ0n) is 19.3. The molecule has 1 N–H and O–H groups in total. The number of hydrogen-bond donors (Lipinski definition) is 1. The van der Waals surface area contributed by atoms with Gasteiger partial charge in [0.2, 0.25) is 18.6 Å². The smallest absolute Gasteiger partial charge is 0.232 e. The zero-order valence-corrected chi connectivity index (χ0v) is 21.0. The quantitative estimate of drug-likeness (QED) is 0.414. The zero-order chi connectivity index (χ0) is 23.8. The first-order valence-electron chi connectivity index (χ1n) is 11.2. The molecular formula is C24H26N4O4S2. The Bertz CT molecular complexity index is 1270. The molecule has 0 bridgehead atoms. The SMILES string of the molecule is Cc1nc(SCC(=O)N2CCC(C(=O)Nc3ccc4c(c3)OCO4)CC2)c2c(C)c(C)sc2n1. The number of ether oxygens (including phenoxy) is 2. The molecule has 10 heteroatoms. The summed E-state index contributed by atoms with van der Waals surface area (Å²) in [5.41, 5.74) is 1.87. The van der Waals surface area contributed by atoms with Crippen LogP contribution in [0.2, 0.25) is 0 Å². The number of fused-ring (bicyclic) bond motifs is 2.